The molecule has 0 bridgehead atoms. The van der Waals surface area contributed by atoms with Crippen LogP contribution in [0.1, 0.15) is 86.4 Å². The Morgan fingerprint density at radius 2 is 0.963 bits per heavy atom. The van der Waals surface area contributed by atoms with Crippen LogP contribution in [0.15, 0.2) is 110 Å². The molecule has 5 aromatic rings. The number of hydrogen-bond donors (Lipinski definition) is 2. The summed E-state index contributed by atoms with van der Waals surface area (Å²) in [5.74, 6) is 0.517. The second-order valence-corrected chi connectivity index (χ2v) is 12.5. The van der Waals surface area contributed by atoms with Crippen molar-refractivity contribution in [2.45, 2.75) is 92.6 Å². The van der Waals surface area contributed by atoms with Gasteiger partial charge in [0, 0.05) is 127 Å². The number of carbonyl (C=O) groups is 1. The summed E-state index contributed by atoms with van der Waals surface area (Å²) in [7, 11) is 0. The van der Waals surface area contributed by atoms with Crippen molar-refractivity contribution in [2.24, 2.45) is 5.73 Å². The molecule has 0 aliphatic heterocycles. The number of phenolic OH excluding ortho intramolecular Hbond substituents is 1. The largest absolute Gasteiger partial charge is 0.507 e. The standard InChI is InChI=1S/C40H47N7O2.2CH4.H2O.2Zn/c41-19-7-1-2-16-39(48)18-17-32-24-33(26-46(28-35-12-3-8-20-42-35)29-36-13-4-9-21-43-36)40(49)34(25-32)27-47(30-37-14-5-10-22-44-37)31-38-15-6-11-23-45-38;;;;;/h3-6,8-15,20-25,49H,1-2,7,16-19,26-31,41H2;2*1H4;1H2;;. The van der Waals surface area contributed by atoms with Crippen LogP contribution in [-0.2, 0) is 89.4 Å². The molecule has 54 heavy (non-hydrogen) atoms. The monoisotopic (exact) mass is 835 g/mol. The number of benzene rings is 1. The summed E-state index contributed by atoms with van der Waals surface area (Å²) in [4.78, 5) is 35.7. The summed E-state index contributed by atoms with van der Waals surface area (Å²) in [5, 5.41) is 11.9. The first-order valence-corrected chi connectivity index (χ1v) is 17.2. The van der Waals surface area contributed by atoms with Crippen LogP contribution in [0, 0.1) is 0 Å². The van der Waals surface area contributed by atoms with Gasteiger partial charge >= 0.3 is 0 Å². The van der Waals surface area contributed by atoms with Crippen LogP contribution < -0.4 is 5.73 Å². The summed E-state index contributed by atoms with van der Waals surface area (Å²) < 4.78 is 0. The van der Waals surface area contributed by atoms with Gasteiger partial charge in [-0.15, -0.1) is 0 Å². The average Bonchev–Trinajstić information content (AvgIpc) is 3.12. The molecule has 0 unspecified atom stereocenters. The molecule has 282 valence electrons. The zero-order valence-electron chi connectivity index (χ0n) is 30.1. The van der Waals surface area contributed by atoms with Crippen LogP contribution in [0.5, 0.6) is 5.75 Å². The maximum absolute atomic E-state index is 12.9. The molecule has 0 aliphatic rings. The number of aromatic hydroxyl groups is 1. The molecule has 0 radical (unpaired) electrons. The summed E-state index contributed by atoms with van der Waals surface area (Å²) in [6.45, 7) is 3.96. The molecule has 0 atom stereocenters. The van der Waals surface area contributed by atoms with Gasteiger partial charge in [-0.25, -0.2) is 0 Å². The SMILES string of the molecule is C.C.NCCCCCC(=O)CCc1cc(CN(Cc2ccccn2)Cc2ccccn2)c(O)c(CN(Cc2ccccn2)Cc2ccccn2)c1.O.[Zn].[Zn]. The number of aryl methyl sites for hydroxylation is 1. The number of phenols is 1. The summed E-state index contributed by atoms with van der Waals surface area (Å²) >= 11 is 0. The zero-order chi connectivity index (χ0) is 34.1. The smallest absolute Gasteiger partial charge is 0.133 e. The normalized spacial score (nSPS) is 10.3. The Bertz CT molecular complexity index is 1510. The van der Waals surface area contributed by atoms with E-state index in [2.05, 4.69) is 41.9 Å². The molecule has 12 heteroatoms. The van der Waals surface area contributed by atoms with E-state index in [1.807, 2.05) is 72.8 Å². The van der Waals surface area contributed by atoms with E-state index < -0.39 is 0 Å². The van der Waals surface area contributed by atoms with Gasteiger partial charge in [0.1, 0.15) is 11.5 Å². The van der Waals surface area contributed by atoms with Crippen molar-refractivity contribution in [1.82, 2.24) is 29.7 Å². The van der Waals surface area contributed by atoms with E-state index >= 15 is 0 Å². The number of nitrogens with two attached hydrogens (primary N) is 1. The number of carbonyl (C=O) groups excluding carboxylic acids is 1. The van der Waals surface area contributed by atoms with E-state index in [-0.39, 0.29) is 70.8 Å². The number of nitrogens with zero attached hydrogens (tertiary/aromatic N) is 6. The minimum atomic E-state index is 0. The molecule has 0 saturated heterocycles. The predicted molar refractivity (Wildman–Crippen MR) is 209 cm³/mol. The van der Waals surface area contributed by atoms with E-state index in [4.69, 9.17) is 5.73 Å². The van der Waals surface area contributed by atoms with Crippen molar-refractivity contribution in [3.8, 4) is 5.75 Å². The van der Waals surface area contributed by atoms with Gasteiger partial charge in [-0.3, -0.25) is 34.5 Å². The van der Waals surface area contributed by atoms with Gasteiger partial charge in [-0.1, -0.05) is 57.7 Å². The first-order valence-electron chi connectivity index (χ1n) is 17.2. The molecule has 10 nitrogen and oxygen atoms in total. The van der Waals surface area contributed by atoms with Gasteiger partial charge in [-0.2, -0.15) is 0 Å². The zero-order valence-corrected chi connectivity index (χ0v) is 36.0. The van der Waals surface area contributed by atoms with Gasteiger partial charge in [0.15, 0.2) is 0 Å². The summed E-state index contributed by atoms with van der Waals surface area (Å²) in [6.07, 6.45) is 11.6. The molecule has 5 N–H and O–H groups in total. The number of pyridine rings is 4. The maximum atomic E-state index is 12.9. The summed E-state index contributed by atoms with van der Waals surface area (Å²) in [6, 6.07) is 27.8. The Morgan fingerprint density at radius 1 is 0.574 bits per heavy atom. The number of hydrogen-bond acceptors (Lipinski definition) is 9. The van der Waals surface area contributed by atoms with Crippen molar-refractivity contribution < 1.29 is 54.3 Å². The summed E-state index contributed by atoms with van der Waals surface area (Å²) in [5.41, 5.74) is 12.0. The molecule has 0 spiro atoms. The quantitative estimate of drug-likeness (QED) is 0.0634. The van der Waals surface area contributed by atoms with Crippen LogP contribution in [0.3, 0.4) is 0 Å². The maximum Gasteiger partial charge on any atom is 0.133 e. The second-order valence-electron chi connectivity index (χ2n) is 12.5. The molecular formula is C42H57N7O3Zn2. The Balaban J connectivity index is 0.00000562. The van der Waals surface area contributed by atoms with Gasteiger partial charge in [0.25, 0.3) is 0 Å². The van der Waals surface area contributed by atoms with E-state index in [1.165, 1.54) is 0 Å². The number of Topliss-reactive ketones (excluding diaryl/α,β-unsaturated/α-hetero) is 1. The van der Waals surface area contributed by atoms with Crippen LogP contribution in [0.25, 0.3) is 0 Å². The van der Waals surface area contributed by atoms with Gasteiger partial charge in [0.2, 0.25) is 0 Å². The molecule has 4 heterocycles. The average molecular weight is 839 g/mol. The Labute approximate surface area is 347 Å². The van der Waals surface area contributed by atoms with Crippen molar-refractivity contribution in [2.75, 3.05) is 6.54 Å². The Morgan fingerprint density at radius 3 is 1.30 bits per heavy atom. The number of aromatic nitrogens is 4. The van der Waals surface area contributed by atoms with Crippen LogP contribution >= 0.6 is 0 Å². The molecule has 0 amide bonds. The van der Waals surface area contributed by atoms with Crippen molar-refractivity contribution >= 4 is 5.78 Å². The van der Waals surface area contributed by atoms with Gasteiger partial charge in [-0.05, 0) is 79.9 Å². The fraction of sp³-hybridized carbons (Fsp3) is 0.357. The van der Waals surface area contributed by atoms with Crippen LogP contribution in [0.2, 0.25) is 0 Å². The van der Waals surface area contributed by atoms with E-state index in [1.54, 1.807) is 24.8 Å². The Kier molecular flexibility index (Phi) is 26.0. The topological polar surface area (TPSA) is 153 Å². The molecule has 0 saturated carbocycles. The van der Waals surface area contributed by atoms with Gasteiger partial charge in [0.05, 0.1) is 22.8 Å². The van der Waals surface area contributed by atoms with E-state index in [0.717, 1.165) is 58.7 Å². The third kappa shape index (κ3) is 17.2. The molecule has 5 rings (SSSR count). The number of unbranched alkanes of at least 4 members (excludes halogenated alkanes) is 2. The van der Waals surface area contributed by atoms with E-state index in [0.29, 0.717) is 65.1 Å². The van der Waals surface area contributed by atoms with E-state index in [9.17, 15) is 9.90 Å². The fourth-order valence-corrected chi connectivity index (χ4v) is 5.97. The minimum Gasteiger partial charge on any atom is -0.507 e. The van der Waals surface area contributed by atoms with Crippen LogP contribution in [-0.4, -0.2) is 52.6 Å². The molecule has 1 aromatic carbocycles. The molecule has 0 fully saturated rings. The first-order chi connectivity index (χ1) is 24.1. The molecule has 0 aliphatic carbocycles. The third-order valence-corrected chi connectivity index (χ3v) is 8.41. The fourth-order valence-electron chi connectivity index (χ4n) is 5.97. The van der Waals surface area contributed by atoms with Crippen molar-refractivity contribution in [3.63, 3.8) is 0 Å². The Hall–Kier alpha value is -3.62. The van der Waals surface area contributed by atoms with Gasteiger partial charge < -0.3 is 16.3 Å². The molecular weight excluding hydrogens is 781 g/mol. The number of ketones is 1. The predicted octanol–water partition coefficient (Wildman–Crippen LogP) is 6.84. The minimum absolute atomic E-state index is 0. The second kappa shape index (κ2) is 27.9. The number of rotatable bonds is 20. The third-order valence-electron chi connectivity index (χ3n) is 8.41. The molecule has 4 aromatic heterocycles. The first kappa shape index (κ1) is 50.4. The van der Waals surface area contributed by atoms with Crippen molar-refractivity contribution in [3.05, 3.63) is 149 Å². The van der Waals surface area contributed by atoms with Crippen molar-refractivity contribution in [1.29, 1.82) is 0 Å². The van der Waals surface area contributed by atoms with Crippen LogP contribution in [0.4, 0.5) is 0 Å².